The van der Waals surface area contributed by atoms with Gasteiger partial charge < -0.3 is 11.1 Å². The Hall–Kier alpha value is -5.27. The molecule has 0 aliphatic rings. The van der Waals surface area contributed by atoms with Crippen molar-refractivity contribution in [1.82, 2.24) is 25.0 Å². The van der Waals surface area contributed by atoms with Gasteiger partial charge in [0.25, 0.3) is 11.5 Å². The van der Waals surface area contributed by atoms with Crippen LogP contribution >= 0.6 is 11.3 Å². The zero-order valence-corrected chi connectivity index (χ0v) is 22.5. The average molecular weight is 547 g/mol. The highest BCUT2D eigenvalue weighted by atomic mass is 32.1. The Balaban J connectivity index is 1.48. The lowest BCUT2D eigenvalue weighted by Gasteiger charge is -2.21. The number of aryl methyl sites for hydroxylation is 1. The number of aromatic nitrogens is 5. The van der Waals surface area contributed by atoms with Crippen LogP contribution in [0.15, 0.2) is 83.4 Å². The number of benzene rings is 2. The number of hydrogen-bond donors (Lipinski definition) is 3. The van der Waals surface area contributed by atoms with Crippen molar-refractivity contribution in [2.45, 2.75) is 19.9 Å². The smallest absolute Gasteiger partial charge is 0.362 e. The minimum Gasteiger partial charge on any atom is -0.382 e. The van der Waals surface area contributed by atoms with Gasteiger partial charge in [-0.3, -0.25) is 14.2 Å². The van der Waals surface area contributed by atoms with Gasteiger partial charge in [-0.15, -0.1) is 15.9 Å². The molecule has 40 heavy (non-hydrogen) atoms. The third-order valence-electron chi connectivity index (χ3n) is 6.64. The van der Waals surface area contributed by atoms with E-state index in [9.17, 15) is 9.59 Å². The summed E-state index contributed by atoms with van der Waals surface area (Å²) >= 11 is 1.47. The zero-order valence-electron chi connectivity index (χ0n) is 21.7. The number of H-pyrrole nitrogens is 1. The number of amides is 1. The van der Waals surface area contributed by atoms with Crippen LogP contribution in [0.5, 0.6) is 0 Å². The molecule has 0 bridgehead atoms. The molecule has 0 fully saturated rings. The molecule has 0 saturated heterocycles. The lowest BCUT2D eigenvalue weighted by molar-refractivity contribution is -0.577. The summed E-state index contributed by atoms with van der Waals surface area (Å²) in [6.45, 7) is 3.74. The number of rotatable bonds is 4. The highest BCUT2D eigenvalue weighted by molar-refractivity contribution is 7.10. The van der Waals surface area contributed by atoms with Crippen LogP contribution in [-0.4, -0.2) is 25.5 Å². The highest BCUT2D eigenvalue weighted by Crippen LogP contribution is 2.24. The fourth-order valence-corrected chi connectivity index (χ4v) is 5.36. The number of aromatic amines is 1. The number of carbonyl (C=O) groups excluding carboxylic acids is 1. The number of nitrogen functional groups attached to an aromatic ring is 1. The van der Waals surface area contributed by atoms with Crippen LogP contribution in [0.1, 0.15) is 45.2 Å². The molecule has 4 heterocycles. The number of para-hydroxylation sites is 1. The summed E-state index contributed by atoms with van der Waals surface area (Å²) < 4.78 is 3.21. The quantitative estimate of drug-likeness (QED) is 0.230. The highest BCUT2D eigenvalue weighted by Gasteiger charge is 2.27. The van der Waals surface area contributed by atoms with E-state index in [0.29, 0.717) is 28.0 Å². The molecular formula is C30H24N7O2S+. The minimum atomic E-state index is -0.558. The third kappa shape index (κ3) is 4.38. The monoisotopic (exact) mass is 546 g/mol. The molecule has 6 rings (SSSR count). The Bertz CT molecular complexity index is 2030. The summed E-state index contributed by atoms with van der Waals surface area (Å²) in [5.41, 5.74) is 11.1. The maximum absolute atomic E-state index is 14.2. The Morgan fingerprint density at radius 2 is 1.95 bits per heavy atom. The summed E-state index contributed by atoms with van der Waals surface area (Å²) in [6, 6.07) is 18.0. The van der Waals surface area contributed by atoms with Gasteiger partial charge in [-0.25, -0.2) is 10.1 Å². The van der Waals surface area contributed by atoms with Gasteiger partial charge >= 0.3 is 5.65 Å². The van der Waals surface area contributed by atoms with Crippen LogP contribution in [0.3, 0.4) is 0 Å². The molecule has 1 unspecified atom stereocenters. The van der Waals surface area contributed by atoms with E-state index >= 15 is 0 Å². The number of fused-ring (bicyclic) bond motifs is 2. The summed E-state index contributed by atoms with van der Waals surface area (Å²) in [5.74, 6) is 6.14. The number of thiazole rings is 1. The van der Waals surface area contributed by atoms with Gasteiger partial charge in [-0.05, 0) is 54.4 Å². The van der Waals surface area contributed by atoms with Gasteiger partial charge in [0.1, 0.15) is 12.4 Å². The van der Waals surface area contributed by atoms with Gasteiger partial charge in [0.2, 0.25) is 0 Å². The molecule has 10 heteroatoms. The predicted octanol–water partition coefficient (Wildman–Crippen LogP) is 3.69. The molecule has 0 saturated carbocycles. The second-order valence-corrected chi connectivity index (χ2v) is 10.1. The van der Waals surface area contributed by atoms with Gasteiger partial charge in [0.15, 0.2) is 11.4 Å². The predicted molar refractivity (Wildman–Crippen MR) is 154 cm³/mol. The molecule has 6 aromatic rings. The van der Waals surface area contributed by atoms with E-state index in [1.807, 2.05) is 68.4 Å². The normalized spacial score (nSPS) is 11.8. The topological polar surface area (TPSA) is 123 Å². The fraction of sp³-hybridized carbons (Fsp3) is 0.100. The first-order valence-corrected chi connectivity index (χ1v) is 13.4. The molecule has 9 nitrogen and oxygen atoms in total. The first-order valence-electron chi connectivity index (χ1n) is 12.5. The van der Waals surface area contributed by atoms with E-state index < -0.39 is 11.9 Å². The van der Waals surface area contributed by atoms with Crippen molar-refractivity contribution < 1.29 is 9.31 Å². The first-order chi connectivity index (χ1) is 19.4. The SMILES string of the molecule is Cc1ncsc1C#Cc1cccc2cc(C(C)NC(=O)c3c(N)[nH][n+]4cccnc34)n(-c3ccccc3)c(=O)c12. The Labute approximate surface area is 233 Å². The van der Waals surface area contributed by atoms with Crippen LogP contribution in [0.2, 0.25) is 0 Å². The van der Waals surface area contributed by atoms with E-state index in [4.69, 9.17) is 5.73 Å². The van der Waals surface area contributed by atoms with Gasteiger partial charge in [-0.1, -0.05) is 36.3 Å². The lowest BCUT2D eigenvalue weighted by Crippen LogP contribution is -2.33. The molecule has 196 valence electrons. The summed E-state index contributed by atoms with van der Waals surface area (Å²) in [7, 11) is 0. The number of nitrogens with one attached hydrogen (secondary N) is 2. The van der Waals surface area contributed by atoms with Crippen LogP contribution in [0.25, 0.3) is 22.1 Å². The maximum atomic E-state index is 14.2. The molecule has 1 atom stereocenters. The van der Waals surface area contributed by atoms with E-state index in [0.717, 1.165) is 16.0 Å². The van der Waals surface area contributed by atoms with E-state index in [2.05, 4.69) is 32.2 Å². The van der Waals surface area contributed by atoms with Crippen LogP contribution in [0.4, 0.5) is 5.82 Å². The van der Waals surface area contributed by atoms with Crippen molar-refractivity contribution in [2.75, 3.05) is 5.73 Å². The van der Waals surface area contributed by atoms with Crippen molar-refractivity contribution in [3.63, 3.8) is 0 Å². The number of hydrogen-bond acceptors (Lipinski definition) is 6. The van der Waals surface area contributed by atoms with Crippen molar-refractivity contribution in [2.24, 2.45) is 0 Å². The molecule has 0 aliphatic heterocycles. The minimum absolute atomic E-state index is 0.196. The standard InChI is InChI=1S/C30H23N7O2S/c1-18(34-29(38)26-27(31)35-36-15-7-14-32-28(26)36)23-16-21-9-6-8-20(12-13-24-19(2)33-17-40-24)25(21)30(39)37(23)22-10-4-3-5-11-22/h3-11,14-18H,1-2H3,(H3,31,34,35,38)/p+1. The summed E-state index contributed by atoms with van der Waals surface area (Å²) in [4.78, 5) is 37.0. The van der Waals surface area contributed by atoms with Crippen molar-refractivity contribution in [3.05, 3.63) is 116 Å². The molecule has 0 aliphatic carbocycles. The van der Waals surface area contributed by atoms with Gasteiger partial charge in [-0.2, -0.15) is 0 Å². The number of anilines is 1. The Morgan fingerprint density at radius 3 is 2.73 bits per heavy atom. The van der Waals surface area contributed by atoms with E-state index in [1.54, 1.807) is 33.1 Å². The average Bonchev–Trinajstić information content (AvgIpc) is 3.53. The van der Waals surface area contributed by atoms with Gasteiger partial charge in [0, 0.05) is 23.0 Å². The largest absolute Gasteiger partial charge is 0.382 e. The van der Waals surface area contributed by atoms with Crippen molar-refractivity contribution in [1.29, 1.82) is 0 Å². The Kier molecular flexibility index (Phi) is 6.34. The van der Waals surface area contributed by atoms with E-state index in [-0.39, 0.29) is 16.9 Å². The van der Waals surface area contributed by atoms with E-state index in [1.165, 1.54) is 11.3 Å². The van der Waals surface area contributed by atoms with Crippen LogP contribution in [0, 0.1) is 18.8 Å². The molecule has 4 N–H and O–H groups in total. The molecule has 1 amide bonds. The van der Waals surface area contributed by atoms with Crippen molar-refractivity contribution in [3.8, 4) is 17.5 Å². The number of nitrogens with two attached hydrogens (primary N) is 1. The van der Waals surface area contributed by atoms with Crippen LogP contribution < -0.4 is 21.1 Å². The van der Waals surface area contributed by atoms with Gasteiger partial charge in [0.05, 0.1) is 27.5 Å². The van der Waals surface area contributed by atoms with Crippen molar-refractivity contribution >= 4 is 39.5 Å². The number of nitrogens with zero attached hydrogens (tertiary/aromatic N) is 4. The number of carbonyl (C=O) groups is 1. The maximum Gasteiger partial charge on any atom is 0.362 e. The second kappa shape index (κ2) is 10.1. The summed E-state index contributed by atoms with van der Waals surface area (Å²) in [5, 5.41) is 7.17. The zero-order chi connectivity index (χ0) is 27.8. The molecule has 0 radical (unpaired) electrons. The van der Waals surface area contributed by atoms with Crippen LogP contribution in [-0.2, 0) is 0 Å². The lowest BCUT2D eigenvalue weighted by atomic mass is 10.0. The Morgan fingerprint density at radius 1 is 1.12 bits per heavy atom. The molecular weight excluding hydrogens is 522 g/mol. The number of pyridine rings is 1. The molecule has 0 spiro atoms. The fourth-order valence-electron chi connectivity index (χ4n) is 4.71. The molecule has 2 aromatic carbocycles. The first kappa shape index (κ1) is 25.0. The summed E-state index contributed by atoms with van der Waals surface area (Å²) in [6.07, 6.45) is 3.32. The second-order valence-electron chi connectivity index (χ2n) is 9.24. The third-order valence-corrected chi connectivity index (χ3v) is 7.49. The molecule has 4 aromatic heterocycles.